The average Bonchev–Trinajstić information content (AvgIpc) is 3.38. The van der Waals surface area contributed by atoms with Crippen LogP contribution in [0, 0.1) is 0 Å². The SMILES string of the molecule is CN1[C@@H]2CC[C@H]1CC(OC(=O)Nc1nc(Cl)nc3c1ncn3[C@@H]1O[C@H](CCP(=O)(O)O)C(O)[C@@H]1O)C2. The normalized spacial score (nSPS) is 32.8. The molecule has 0 aliphatic carbocycles. The van der Waals surface area contributed by atoms with Gasteiger partial charge in [0.15, 0.2) is 23.2 Å². The monoisotopic (exact) mass is 546 g/mol. The number of carbonyl (C=O) groups is 1. The quantitative estimate of drug-likeness (QED) is 0.253. The molecule has 5 heterocycles. The number of fused-ring (bicyclic) bond motifs is 3. The van der Waals surface area contributed by atoms with Gasteiger partial charge in [-0.1, -0.05) is 0 Å². The molecule has 2 unspecified atom stereocenters. The number of nitrogens with one attached hydrogen (secondary N) is 1. The van der Waals surface area contributed by atoms with E-state index >= 15 is 0 Å². The van der Waals surface area contributed by atoms with Crippen molar-refractivity contribution in [3.8, 4) is 0 Å². The molecular weight excluding hydrogens is 519 g/mol. The Morgan fingerprint density at radius 2 is 1.94 bits per heavy atom. The molecule has 0 spiro atoms. The summed E-state index contributed by atoms with van der Waals surface area (Å²) < 4.78 is 23.9. The van der Waals surface area contributed by atoms with Crippen molar-refractivity contribution in [2.75, 3.05) is 18.5 Å². The molecule has 1 amide bonds. The summed E-state index contributed by atoms with van der Waals surface area (Å²) in [5.41, 5.74) is 0.276. The van der Waals surface area contributed by atoms with Gasteiger partial charge in [0, 0.05) is 24.9 Å². The van der Waals surface area contributed by atoms with E-state index in [1.807, 2.05) is 0 Å². The van der Waals surface area contributed by atoms with Gasteiger partial charge >= 0.3 is 13.7 Å². The molecule has 3 aliphatic rings. The number of anilines is 1. The first kappa shape index (κ1) is 25.7. The van der Waals surface area contributed by atoms with Gasteiger partial charge < -0.3 is 34.4 Å². The molecular formula is C20H28ClN6O8P. The Kier molecular flexibility index (Phi) is 6.98. The van der Waals surface area contributed by atoms with Crippen LogP contribution in [0.1, 0.15) is 38.3 Å². The van der Waals surface area contributed by atoms with Gasteiger partial charge in [0.05, 0.1) is 18.6 Å². The highest BCUT2D eigenvalue weighted by Crippen LogP contribution is 2.40. The van der Waals surface area contributed by atoms with Crippen molar-refractivity contribution in [1.29, 1.82) is 0 Å². The predicted octanol–water partition coefficient (Wildman–Crippen LogP) is 0.840. The standard InChI is InChI=1S/C20H28ClN6O8P/c1-26-9-2-3-10(26)7-11(6-9)34-20(30)24-16-13-17(25-19(21)23-16)27(8-22-13)18-15(29)14(28)12(35-18)4-5-36(31,32)33/h8-12,14-15,18,28-29H,2-7H2,1H3,(H2,31,32,33)(H,23,24,25,30)/t9-,10+,11?,12-,14?,15+,18-/m1/s1. The maximum atomic E-state index is 12.7. The number of aromatic nitrogens is 4. The third-order valence-electron chi connectivity index (χ3n) is 7.26. The second-order valence-corrected chi connectivity index (χ2v) is 11.7. The molecule has 0 saturated carbocycles. The van der Waals surface area contributed by atoms with Crippen molar-refractivity contribution < 1.29 is 38.8 Å². The Morgan fingerprint density at radius 3 is 2.61 bits per heavy atom. The number of hydrogen-bond donors (Lipinski definition) is 5. The maximum absolute atomic E-state index is 12.7. The highest BCUT2D eigenvalue weighted by atomic mass is 35.5. The Labute approximate surface area is 210 Å². The molecule has 3 saturated heterocycles. The van der Waals surface area contributed by atoms with Crippen LogP contribution in [0.3, 0.4) is 0 Å². The van der Waals surface area contributed by atoms with Gasteiger partial charge in [0.2, 0.25) is 5.28 Å². The Hall–Kier alpha value is -1.90. The lowest BCUT2D eigenvalue weighted by Gasteiger charge is -2.35. The summed E-state index contributed by atoms with van der Waals surface area (Å²) in [7, 11) is -2.22. The topological polar surface area (TPSA) is 192 Å². The van der Waals surface area contributed by atoms with Gasteiger partial charge in [-0.15, -0.1) is 0 Å². The minimum Gasteiger partial charge on any atom is -0.446 e. The van der Waals surface area contributed by atoms with Crippen LogP contribution in [0.15, 0.2) is 6.33 Å². The van der Waals surface area contributed by atoms with Crippen LogP contribution in [0.2, 0.25) is 5.28 Å². The maximum Gasteiger partial charge on any atom is 0.413 e. The summed E-state index contributed by atoms with van der Waals surface area (Å²) in [6, 6.07) is 0.798. The van der Waals surface area contributed by atoms with Crippen LogP contribution in [0.25, 0.3) is 11.2 Å². The number of hydrogen-bond acceptors (Lipinski definition) is 10. The van der Waals surface area contributed by atoms with E-state index < -0.39 is 44.4 Å². The van der Waals surface area contributed by atoms with Crippen LogP contribution in [0.5, 0.6) is 0 Å². The number of nitrogens with zero attached hydrogens (tertiary/aromatic N) is 5. The zero-order valence-electron chi connectivity index (χ0n) is 19.3. The number of aliphatic hydroxyl groups excluding tert-OH is 2. The van der Waals surface area contributed by atoms with E-state index in [1.54, 1.807) is 0 Å². The first-order valence-corrected chi connectivity index (χ1v) is 13.8. The fourth-order valence-corrected chi connectivity index (χ4v) is 6.15. The first-order chi connectivity index (χ1) is 17.0. The molecule has 198 valence electrons. The molecule has 0 radical (unpaired) electrons. The highest BCUT2D eigenvalue weighted by Gasteiger charge is 2.45. The lowest BCUT2D eigenvalue weighted by atomic mass is 10.0. The number of aliphatic hydroxyl groups is 2. The third kappa shape index (κ3) is 5.09. The number of carbonyl (C=O) groups excluding carboxylic acids is 1. The highest BCUT2D eigenvalue weighted by molar-refractivity contribution is 7.51. The van der Waals surface area contributed by atoms with Gasteiger partial charge in [-0.2, -0.15) is 9.97 Å². The Bertz CT molecular complexity index is 1180. The van der Waals surface area contributed by atoms with E-state index in [1.165, 1.54) is 10.9 Å². The molecule has 7 atom stereocenters. The summed E-state index contributed by atoms with van der Waals surface area (Å²) in [5, 5.41) is 23.2. The largest absolute Gasteiger partial charge is 0.446 e. The third-order valence-corrected chi connectivity index (χ3v) is 8.27. The van der Waals surface area contributed by atoms with Gasteiger partial charge in [0.25, 0.3) is 0 Å². The van der Waals surface area contributed by atoms with E-state index in [4.69, 9.17) is 30.9 Å². The van der Waals surface area contributed by atoms with Crippen LogP contribution in [-0.4, -0.2) is 100 Å². The molecule has 36 heavy (non-hydrogen) atoms. The molecule has 0 aromatic carbocycles. The number of ether oxygens (including phenoxy) is 2. The van der Waals surface area contributed by atoms with Crippen molar-refractivity contribution in [1.82, 2.24) is 24.4 Å². The Balaban J connectivity index is 1.31. The molecule has 14 nitrogen and oxygen atoms in total. The van der Waals surface area contributed by atoms with Crippen LogP contribution < -0.4 is 5.32 Å². The lowest BCUT2D eigenvalue weighted by Crippen LogP contribution is -2.43. The molecule has 16 heteroatoms. The van der Waals surface area contributed by atoms with Crippen LogP contribution in [0.4, 0.5) is 10.6 Å². The summed E-state index contributed by atoms with van der Waals surface area (Å²) in [5.74, 6) is 0.00994. The lowest BCUT2D eigenvalue weighted by molar-refractivity contribution is -0.0355. The fraction of sp³-hybridized carbons (Fsp3) is 0.700. The van der Waals surface area contributed by atoms with E-state index in [-0.39, 0.29) is 34.8 Å². The van der Waals surface area contributed by atoms with Gasteiger partial charge in [-0.3, -0.25) is 14.4 Å². The minimum atomic E-state index is -4.31. The molecule has 3 aliphatic heterocycles. The second-order valence-electron chi connectivity index (χ2n) is 9.56. The van der Waals surface area contributed by atoms with Crippen molar-refractivity contribution >= 4 is 42.3 Å². The number of imidazole rings is 1. The number of rotatable bonds is 6. The second kappa shape index (κ2) is 9.76. The zero-order valence-corrected chi connectivity index (χ0v) is 21.0. The number of piperidine rings is 1. The Morgan fingerprint density at radius 1 is 1.25 bits per heavy atom. The van der Waals surface area contributed by atoms with E-state index in [2.05, 4.69) is 32.2 Å². The summed E-state index contributed by atoms with van der Waals surface area (Å²) in [6.07, 6.45) is -1.61. The molecule has 5 rings (SSSR count). The van der Waals surface area contributed by atoms with Gasteiger partial charge in [-0.25, -0.2) is 9.78 Å². The summed E-state index contributed by atoms with van der Waals surface area (Å²) >= 11 is 6.09. The predicted molar refractivity (Wildman–Crippen MR) is 125 cm³/mol. The molecule has 2 aromatic heterocycles. The molecule has 2 bridgehead atoms. The summed E-state index contributed by atoms with van der Waals surface area (Å²) in [6.45, 7) is 0. The van der Waals surface area contributed by atoms with Gasteiger partial charge in [-0.05, 0) is 37.9 Å². The molecule has 5 N–H and O–H groups in total. The average molecular weight is 547 g/mol. The van der Waals surface area contributed by atoms with Crippen molar-refractivity contribution in [3.05, 3.63) is 11.6 Å². The van der Waals surface area contributed by atoms with Crippen LogP contribution in [-0.2, 0) is 14.0 Å². The minimum absolute atomic E-state index is 0.00994. The molecule has 2 aromatic rings. The van der Waals surface area contributed by atoms with E-state index in [9.17, 15) is 19.6 Å². The van der Waals surface area contributed by atoms with Crippen LogP contribution >= 0.6 is 19.2 Å². The zero-order chi connectivity index (χ0) is 25.8. The smallest absolute Gasteiger partial charge is 0.413 e. The van der Waals surface area contributed by atoms with Crippen molar-refractivity contribution in [2.45, 2.75) is 74.8 Å². The fourth-order valence-electron chi connectivity index (χ4n) is 5.39. The van der Waals surface area contributed by atoms with Crippen molar-refractivity contribution in [2.24, 2.45) is 0 Å². The number of amides is 1. The number of halogens is 1. The van der Waals surface area contributed by atoms with Crippen molar-refractivity contribution in [3.63, 3.8) is 0 Å². The summed E-state index contributed by atoms with van der Waals surface area (Å²) in [4.78, 5) is 45.6. The van der Waals surface area contributed by atoms with Gasteiger partial charge in [0.1, 0.15) is 18.3 Å². The first-order valence-electron chi connectivity index (χ1n) is 11.7. The van der Waals surface area contributed by atoms with E-state index in [0.29, 0.717) is 12.1 Å². The molecule has 3 fully saturated rings. The van der Waals surface area contributed by atoms with E-state index in [0.717, 1.165) is 25.7 Å².